The Hall–Kier alpha value is -2.68. The molecule has 1 heterocycles. The van der Waals surface area contributed by atoms with E-state index in [-0.39, 0.29) is 28.9 Å². The standard InChI is InChI=1S/C25H27NO2/c1-25(2,3)19-11-9-17(10-12-19)20-15-23(28)26-21-13-18(14-22(27)24(20)21)16-7-5-4-6-8-16/h4-12,18,20H,13-15H2,1-3H3,(H,26,28). The monoisotopic (exact) mass is 373 g/mol. The lowest BCUT2D eigenvalue weighted by Gasteiger charge is -2.34. The van der Waals surface area contributed by atoms with E-state index in [9.17, 15) is 9.59 Å². The van der Waals surface area contributed by atoms with E-state index < -0.39 is 0 Å². The summed E-state index contributed by atoms with van der Waals surface area (Å²) in [6, 6.07) is 18.6. The van der Waals surface area contributed by atoms with Crippen molar-refractivity contribution in [2.24, 2.45) is 0 Å². The zero-order valence-corrected chi connectivity index (χ0v) is 16.8. The summed E-state index contributed by atoms with van der Waals surface area (Å²) in [5.74, 6) is 0.168. The molecule has 2 aromatic rings. The number of carbonyl (C=O) groups is 2. The quantitative estimate of drug-likeness (QED) is 0.806. The van der Waals surface area contributed by atoms with Crippen molar-refractivity contribution in [2.75, 3.05) is 0 Å². The highest BCUT2D eigenvalue weighted by Crippen LogP contribution is 2.42. The summed E-state index contributed by atoms with van der Waals surface area (Å²) in [4.78, 5) is 25.5. The molecular weight excluding hydrogens is 346 g/mol. The smallest absolute Gasteiger partial charge is 0.225 e. The van der Waals surface area contributed by atoms with Crippen molar-refractivity contribution in [3.8, 4) is 0 Å². The van der Waals surface area contributed by atoms with Crippen LogP contribution in [0.2, 0.25) is 0 Å². The first-order chi connectivity index (χ1) is 13.3. The van der Waals surface area contributed by atoms with Gasteiger partial charge in [0.15, 0.2) is 5.78 Å². The average molecular weight is 373 g/mol. The maximum absolute atomic E-state index is 13.1. The predicted molar refractivity (Wildman–Crippen MR) is 111 cm³/mol. The minimum Gasteiger partial charge on any atom is -0.329 e. The van der Waals surface area contributed by atoms with E-state index in [4.69, 9.17) is 0 Å². The van der Waals surface area contributed by atoms with Gasteiger partial charge in [0.1, 0.15) is 0 Å². The molecule has 2 aliphatic rings. The van der Waals surface area contributed by atoms with Crippen LogP contribution < -0.4 is 5.32 Å². The van der Waals surface area contributed by atoms with E-state index >= 15 is 0 Å². The fraction of sp³-hybridized carbons (Fsp3) is 0.360. The van der Waals surface area contributed by atoms with Gasteiger partial charge in [-0.2, -0.15) is 0 Å². The van der Waals surface area contributed by atoms with Gasteiger partial charge in [-0.3, -0.25) is 9.59 Å². The minimum atomic E-state index is -0.137. The first-order valence-corrected chi connectivity index (χ1v) is 10.0. The largest absolute Gasteiger partial charge is 0.329 e. The number of hydrogen-bond acceptors (Lipinski definition) is 2. The van der Waals surface area contributed by atoms with Gasteiger partial charge >= 0.3 is 0 Å². The van der Waals surface area contributed by atoms with Crippen molar-refractivity contribution in [1.82, 2.24) is 5.32 Å². The molecule has 0 spiro atoms. The van der Waals surface area contributed by atoms with Gasteiger partial charge in [0.05, 0.1) is 0 Å². The van der Waals surface area contributed by atoms with Crippen molar-refractivity contribution in [3.05, 3.63) is 82.6 Å². The number of benzene rings is 2. The number of nitrogens with one attached hydrogen (secondary N) is 1. The van der Waals surface area contributed by atoms with Gasteiger partial charge in [0.2, 0.25) is 5.91 Å². The third-order valence-electron chi connectivity index (χ3n) is 5.99. The molecule has 0 saturated carbocycles. The fourth-order valence-corrected chi connectivity index (χ4v) is 4.42. The van der Waals surface area contributed by atoms with Gasteiger partial charge in [-0.05, 0) is 34.4 Å². The van der Waals surface area contributed by atoms with Crippen LogP contribution in [0.1, 0.15) is 68.6 Å². The highest BCUT2D eigenvalue weighted by molar-refractivity contribution is 6.02. The van der Waals surface area contributed by atoms with Crippen LogP contribution in [-0.2, 0) is 15.0 Å². The van der Waals surface area contributed by atoms with Crippen molar-refractivity contribution in [3.63, 3.8) is 0 Å². The fourth-order valence-electron chi connectivity index (χ4n) is 4.42. The van der Waals surface area contributed by atoms with Crippen LogP contribution in [-0.4, -0.2) is 11.7 Å². The molecule has 4 rings (SSSR count). The molecule has 0 radical (unpaired) electrons. The minimum absolute atomic E-state index is 0.00478. The van der Waals surface area contributed by atoms with E-state index in [1.54, 1.807) is 0 Å². The Kier molecular flexibility index (Phi) is 4.70. The summed E-state index contributed by atoms with van der Waals surface area (Å²) in [7, 11) is 0. The van der Waals surface area contributed by atoms with Crippen LogP contribution in [0.3, 0.4) is 0 Å². The molecule has 144 valence electrons. The zero-order chi connectivity index (χ0) is 19.9. The predicted octanol–water partition coefficient (Wildman–Crippen LogP) is 4.99. The van der Waals surface area contributed by atoms with Gasteiger partial charge in [-0.25, -0.2) is 0 Å². The summed E-state index contributed by atoms with van der Waals surface area (Å²) in [5.41, 5.74) is 5.19. The van der Waals surface area contributed by atoms with E-state index in [0.717, 1.165) is 22.4 Å². The SMILES string of the molecule is CC(C)(C)c1ccc(C2CC(=O)NC3=C2C(=O)CC(c2ccccc2)C3)cc1. The lowest BCUT2D eigenvalue weighted by atomic mass is 9.73. The van der Waals surface area contributed by atoms with Gasteiger partial charge < -0.3 is 5.32 Å². The van der Waals surface area contributed by atoms with Crippen LogP contribution in [0.25, 0.3) is 0 Å². The normalized spacial score (nSPS) is 22.7. The first-order valence-electron chi connectivity index (χ1n) is 10.0. The van der Waals surface area contributed by atoms with E-state index in [1.807, 2.05) is 18.2 Å². The molecule has 0 aromatic heterocycles. The molecule has 1 aliphatic carbocycles. The van der Waals surface area contributed by atoms with Gasteiger partial charge in [-0.1, -0.05) is 75.4 Å². The van der Waals surface area contributed by atoms with Crippen LogP contribution in [0.4, 0.5) is 0 Å². The maximum Gasteiger partial charge on any atom is 0.225 e. The summed E-state index contributed by atoms with van der Waals surface area (Å²) in [6.07, 6.45) is 1.57. The molecular formula is C25H27NO2. The lowest BCUT2D eigenvalue weighted by molar-refractivity contribution is -0.122. The second kappa shape index (κ2) is 7.05. The van der Waals surface area contributed by atoms with Crippen molar-refractivity contribution < 1.29 is 9.59 Å². The summed E-state index contributed by atoms with van der Waals surface area (Å²) >= 11 is 0. The molecule has 0 bridgehead atoms. The Labute approximate surface area is 166 Å². The highest BCUT2D eigenvalue weighted by Gasteiger charge is 2.38. The Morgan fingerprint density at radius 2 is 1.50 bits per heavy atom. The number of allylic oxidation sites excluding steroid dienone is 2. The Morgan fingerprint density at radius 1 is 0.821 bits per heavy atom. The summed E-state index contributed by atoms with van der Waals surface area (Å²) in [5, 5.41) is 3.00. The molecule has 28 heavy (non-hydrogen) atoms. The van der Waals surface area contributed by atoms with E-state index in [0.29, 0.717) is 19.3 Å². The molecule has 2 atom stereocenters. The second-order valence-corrected chi connectivity index (χ2v) is 9.01. The van der Waals surface area contributed by atoms with Crippen LogP contribution in [0.5, 0.6) is 0 Å². The molecule has 1 amide bonds. The number of hydrogen-bond donors (Lipinski definition) is 1. The second-order valence-electron chi connectivity index (χ2n) is 9.01. The third kappa shape index (κ3) is 3.54. The average Bonchev–Trinajstić information content (AvgIpc) is 2.67. The highest BCUT2D eigenvalue weighted by atomic mass is 16.2. The van der Waals surface area contributed by atoms with E-state index in [1.165, 1.54) is 5.56 Å². The number of ketones is 1. The van der Waals surface area contributed by atoms with Crippen LogP contribution in [0, 0.1) is 0 Å². The number of carbonyl (C=O) groups excluding carboxylic acids is 2. The Morgan fingerprint density at radius 3 is 2.14 bits per heavy atom. The van der Waals surface area contributed by atoms with Gasteiger partial charge in [0, 0.05) is 30.0 Å². The molecule has 0 saturated heterocycles. The molecule has 3 nitrogen and oxygen atoms in total. The summed E-state index contributed by atoms with van der Waals surface area (Å²) < 4.78 is 0. The Balaban J connectivity index is 1.68. The summed E-state index contributed by atoms with van der Waals surface area (Å²) in [6.45, 7) is 6.56. The first kappa shape index (κ1) is 18.7. The molecule has 0 fully saturated rings. The number of Topliss-reactive ketones (excluding diaryl/α,β-unsaturated/α-hetero) is 1. The third-order valence-corrected chi connectivity index (χ3v) is 5.99. The molecule has 1 N–H and O–H groups in total. The van der Waals surface area contributed by atoms with E-state index in [2.05, 4.69) is 62.5 Å². The van der Waals surface area contributed by atoms with Gasteiger partial charge in [-0.15, -0.1) is 0 Å². The number of amides is 1. The molecule has 1 aliphatic heterocycles. The molecule has 3 heteroatoms. The maximum atomic E-state index is 13.1. The zero-order valence-electron chi connectivity index (χ0n) is 16.8. The molecule has 2 aromatic carbocycles. The van der Waals surface area contributed by atoms with Crippen LogP contribution >= 0.6 is 0 Å². The van der Waals surface area contributed by atoms with Crippen LogP contribution in [0.15, 0.2) is 65.9 Å². The van der Waals surface area contributed by atoms with Crippen molar-refractivity contribution >= 4 is 11.7 Å². The lowest BCUT2D eigenvalue weighted by Crippen LogP contribution is -2.38. The molecule has 2 unspecified atom stereocenters. The van der Waals surface area contributed by atoms with Gasteiger partial charge in [0.25, 0.3) is 0 Å². The van der Waals surface area contributed by atoms with Crippen molar-refractivity contribution in [2.45, 2.75) is 57.3 Å². The Bertz CT molecular complexity index is 933. The topological polar surface area (TPSA) is 46.2 Å². The number of rotatable bonds is 2. The van der Waals surface area contributed by atoms with Crippen molar-refractivity contribution in [1.29, 1.82) is 0 Å².